The number of fused-ring (bicyclic) bond motifs is 1. The summed E-state index contributed by atoms with van der Waals surface area (Å²) in [5.41, 5.74) is 2.97. The topological polar surface area (TPSA) is 66.8 Å². The molecule has 1 aliphatic rings. The van der Waals surface area contributed by atoms with Gasteiger partial charge in [-0.15, -0.1) is 0 Å². The van der Waals surface area contributed by atoms with Crippen LogP contribution < -0.4 is 10.5 Å². The number of nitrogens with zero attached hydrogens (tertiary/aromatic N) is 4. The molecule has 0 saturated heterocycles. The van der Waals surface area contributed by atoms with Crippen LogP contribution in [-0.2, 0) is 20.1 Å². The molecule has 2 aromatic rings. The number of hydrogen-bond acceptors (Lipinski definition) is 4. The summed E-state index contributed by atoms with van der Waals surface area (Å²) in [6.07, 6.45) is 3.32. The lowest BCUT2D eigenvalue weighted by molar-refractivity contribution is 0.699. The molecule has 17 heavy (non-hydrogen) atoms. The zero-order valence-corrected chi connectivity index (χ0v) is 9.77. The molecule has 0 atom stereocenters. The summed E-state index contributed by atoms with van der Waals surface area (Å²) in [7, 11) is 1.93. The highest BCUT2D eigenvalue weighted by Gasteiger charge is 2.24. The van der Waals surface area contributed by atoms with Crippen LogP contribution in [0.1, 0.15) is 16.8 Å². The maximum absolute atomic E-state index is 11.5. The van der Waals surface area contributed by atoms with E-state index in [1.54, 1.807) is 6.92 Å². The average molecular weight is 231 g/mol. The SMILES string of the molecule is Cc1c(N2Cc3cnn(C)c3C2)nc[nH]c1=O. The van der Waals surface area contributed by atoms with E-state index < -0.39 is 0 Å². The molecule has 0 aromatic carbocycles. The summed E-state index contributed by atoms with van der Waals surface area (Å²) < 4.78 is 1.87. The zero-order chi connectivity index (χ0) is 12.0. The summed E-state index contributed by atoms with van der Waals surface area (Å²) in [6.45, 7) is 3.31. The third-order valence-electron chi connectivity index (χ3n) is 3.21. The van der Waals surface area contributed by atoms with Gasteiger partial charge in [-0.1, -0.05) is 0 Å². The van der Waals surface area contributed by atoms with Crippen LogP contribution in [-0.4, -0.2) is 19.7 Å². The summed E-state index contributed by atoms with van der Waals surface area (Å²) in [6, 6.07) is 0. The van der Waals surface area contributed by atoms with E-state index in [0.29, 0.717) is 5.56 Å². The zero-order valence-electron chi connectivity index (χ0n) is 9.77. The standard InChI is InChI=1S/C11H13N5O/c1-7-10(12-6-13-11(7)17)16-4-8-3-14-15(2)9(8)5-16/h3,6H,4-5H2,1-2H3,(H,12,13,17). The fourth-order valence-corrected chi connectivity index (χ4v) is 2.21. The molecule has 3 rings (SSSR count). The molecule has 0 aliphatic carbocycles. The van der Waals surface area contributed by atoms with Crippen LogP contribution in [0.3, 0.4) is 0 Å². The molecular weight excluding hydrogens is 218 g/mol. The number of nitrogens with one attached hydrogen (secondary N) is 1. The lowest BCUT2D eigenvalue weighted by Crippen LogP contribution is -2.23. The van der Waals surface area contributed by atoms with Crippen LogP contribution in [0.5, 0.6) is 0 Å². The lowest BCUT2D eigenvalue weighted by atomic mass is 10.3. The Morgan fingerprint density at radius 2 is 2.24 bits per heavy atom. The maximum Gasteiger partial charge on any atom is 0.255 e. The van der Waals surface area contributed by atoms with Crippen molar-refractivity contribution in [2.75, 3.05) is 4.90 Å². The number of anilines is 1. The fraction of sp³-hybridized carbons (Fsp3) is 0.364. The van der Waals surface area contributed by atoms with E-state index in [0.717, 1.165) is 18.9 Å². The van der Waals surface area contributed by atoms with Crippen molar-refractivity contribution in [1.29, 1.82) is 0 Å². The Kier molecular flexibility index (Phi) is 2.04. The average Bonchev–Trinajstić information content (AvgIpc) is 2.85. The Morgan fingerprint density at radius 3 is 3.00 bits per heavy atom. The number of aromatic amines is 1. The first-order valence-corrected chi connectivity index (χ1v) is 5.46. The molecule has 0 fully saturated rings. The van der Waals surface area contributed by atoms with Crippen LogP contribution >= 0.6 is 0 Å². The van der Waals surface area contributed by atoms with Gasteiger partial charge in [0.05, 0.1) is 30.3 Å². The predicted octanol–water partition coefficient (Wildman–Crippen LogP) is 0.332. The second kappa shape index (κ2) is 3.44. The van der Waals surface area contributed by atoms with Gasteiger partial charge in [0.2, 0.25) is 0 Å². The van der Waals surface area contributed by atoms with Crippen LogP contribution in [0.2, 0.25) is 0 Å². The Balaban J connectivity index is 1.99. The molecule has 0 saturated carbocycles. The molecule has 6 nitrogen and oxygen atoms in total. The van der Waals surface area contributed by atoms with Crippen molar-refractivity contribution in [2.24, 2.45) is 7.05 Å². The quantitative estimate of drug-likeness (QED) is 0.768. The normalized spacial score (nSPS) is 14.1. The summed E-state index contributed by atoms with van der Waals surface area (Å²) in [5.74, 6) is 0.755. The minimum absolute atomic E-state index is 0.0796. The van der Waals surface area contributed by atoms with Gasteiger partial charge in [0.25, 0.3) is 5.56 Å². The van der Waals surface area contributed by atoms with Crippen molar-refractivity contribution in [1.82, 2.24) is 19.7 Å². The molecular formula is C11H13N5O. The molecule has 1 aliphatic heterocycles. The third-order valence-corrected chi connectivity index (χ3v) is 3.21. The van der Waals surface area contributed by atoms with Gasteiger partial charge in [-0.2, -0.15) is 5.10 Å². The van der Waals surface area contributed by atoms with Gasteiger partial charge in [-0.3, -0.25) is 9.48 Å². The Morgan fingerprint density at radius 1 is 1.41 bits per heavy atom. The van der Waals surface area contributed by atoms with Gasteiger partial charge in [0, 0.05) is 19.2 Å². The first-order chi connectivity index (χ1) is 8.16. The maximum atomic E-state index is 11.5. The highest BCUT2D eigenvalue weighted by Crippen LogP contribution is 2.26. The van der Waals surface area contributed by atoms with Gasteiger partial charge in [-0.25, -0.2) is 4.98 Å². The molecule has 0 radical (unpaired) electrons. The van der Waals surface area contributed by atoms with Gasteiger partial charge in [-0.05, 0) is 6.92 Å². The third kappa shape index (κ3) is 1.44. The monoisotopic (exact) mass is 231 g/mol. The van der Waals surface area contributed by atoms with E-state index in [1.807, 2.05) is 17.9 Å². The van der Waals surface area contributed by atoms with Gasteiger partial charge >= 0.3 is 0 Å². The predicted molar refractivity (Wildman–Crippen MR) is 62.7 cm³/mol. The smallest absolute Gasteiger partial charge is 0.255 e. The van der Waals surface area contributed by atoms with E-state index in [9.17, 15) is 4.79 Å². The largest absolute Gasteiger partial charge is 0.346 e. The molecule has 0 bridgehead atoms. The molecule has 2 aromatic heterocycles. The first kappa shape index (κ1) is 10.1. The van der Waals surface area contributed by atoms with E-state index in [1.165, 1.54) is 17.6 Å². The number of H-pyrrole nitrogens is 1. The molecule has 3 heterocycles. The molecule has 0 spiro atoms. The molecule has 0 unspecified atom stereocenters. The van der Waals surface area contributed by atoms with E-state index in [2.05, 4.69) is 20.0 Å². The lowest BCUT2D eigenvalue weighted by Gasteiger charge is -2.18. The highest BCUT2D eigenvalue weighted by molar-refractivity contribution is 5.49. The van der Waals surface area contributed by atoms with Crippen LogP contribution in [0.25, 0.3) is 0 Å². The van der Waals surface area contributed by atoms with Crippen molar-refractivity contribution in [3.8, 4) is 0 Å². The first-order valence-electron chi connectivity index (χ1n) is 5.46. The number of aryl methyl sites for hydroxylation is 1. The van der Waals surface area contributed by atoms with E-state index in [-0.39, 0.29) is 5.56 Å². The Labute approximate surface area is 97.9 Å². The van der Waals surface area contributed by atoms with Crippen LogP contribution in [0, 0.1) is 6.92 Å². The fourth-order valence-electron chi connectivity index (χ4n) is 2.21. The minimum Gasteiger partial charge on any atom is -0.346 e. The number of aromatic nitrogens is 4. The van der Waals surface area contributed by atoms with Gasteiger partial charge in [0.1, 0.15) is 5.82 Å². The molecule has 0 amide bonds. The second-order valence-corrected chi connectivity index (χ2v) is 4.28. The van der Waals surface area contributed by atoms with Crippen molar-refractivity contribution < 1.29 is 0 Å². The number of rotatable bonds is 1. The van der Waals surface area contributed by atoms with Crippen molar-refractivity contribution >= 4 is 5.82 Å². The summed E-state index contributed by atoms with van der Waals surface area (Å²) in [4.78, 5) is 20.5. The highest BCUT2D eigenvalue weighted by atomic mass is 16.1. The van der Waals surface area contributed by atoms with E-state index >= 15 is 0 Å². The molecule has 6 heteroatoms. The van der Waals surface area contributed by atoms with Crippen molar-refractivity contribution in [3.05, 3.63) is 39.7 Å². The van der Waals surface area contributed by atoms with Gasteiger partial charge < -0.3 is 9.88 Å². The molecule has 1 N–H and O–H groups in total. The second-order valence-electron chi connectivity index (χ2n) is 4.28. The van der Waals surface area contributed by atoms with Crippen molar-refractivity contribution in [2.45, 2.75) is 20.0 Å². The molecule has 88 valence electrons. The van der Waals surface area contributed by atoms with Crippen molar-refractivity contribution in [3.63, 3.8) is 0 Å². The van der Waals surface area contributed by atoms with Gasteiger partial charge in [0.15, 0.2) is 0 Å². The van der Waals surface area contributed by atoms with Crippen LogP contribution in [0.4, 0.5) is 5.82 Å². The summed E-state index contributed by atoms with van der Waals surface area (Å²) >= 11 is 0. The minimum atomic E-state index is -0.0796. The number of hydrogen-bond donors (Lipinski definition) is 1. The summed E-state index contributed by atoms with van der Waals surface area (Å²) in [5, 5.41) is 4.21. The Hall–Kier alpha value is -2.11. The Bertz CT molecular complexity index is 627. The van der Waals surface area contributed by atoms with Crippen LogP contribution in [0.15, 0.2) is 17.3 Å². The van der Waals surface area contributed by atoms with E-state index in [4.69, 9.17) is 0 Å².